The van der Waals surface area contributed by atoms with Gasteiger partial charge in [-0.05, 0) is 74.5 Å². The van der Waals surface area contributed by atoms with Crippen LogP contribution < -0.4 is 9.47 Å². The van der Waals surface area contributed by atoms with Crippen molar-refractivity contribution in [3.05, 3.63) is 94.6 Å². The highest BCUT2D eigenvalue weighted by Gasteiger charge is 2.46. The van der Waals surface area contributed by atoms with Crippen LogP contribution in [0.25, 0.3) is 5.76 Å². The van der Waals surface area contributed by atoms with Gasteiger partial charge in [0.15, 0.2) is 11.5 Å². The largest absolute Gasteiger partial charge is 0.507 e. The molecule has 2 N–H and O–H groups in total. The lowest BCUT2D eigenvalue weighted by molar-refractivity contribution is -0.140. The molecule has 1 heterocycles. The van der Waals surface area contributed by atoms with Crippen molar-refractivity contribution in [1.82, 2.24) is 9.80 Å². The van der Waals surface area contributed by atoms with Gasteiger partial charge in [0.2, 0.25) is 0 Å². The van der Waals surface area contributed by atoms with E-state index in [-0.39, 0.29) is 22.8 Å². The Morgan fingerprint density at radius 3 is 2.34 bits per heavy atom. The standard InChI is InChI=1S/C33H38N2O6/c1-5-34(6-2)17-18-35-30(25-13-16-27(36)28(20-25)40-7-3)29(32(38)33(35)39)31(37)24-11-14-26(15-12-24)41-21-23-10-8-9-22(4)19-23/h8-16,19-20,30,36-37H,5-7,17-18,21H2,1-4H3/b31-29-. The van der Waals surface area contributed by atoms with Crippen molar-refractivity contribution in [1.29, 1.82) is 0 Å². The lowest BCUT2D eigenvalue weighted by Crippen LogP contribution is -2.38. The Hall–Kier alpha value is -4.30. The molecule has 1 saturated heterocycles. The lowest BCUT2D eigenvalue weighted by atomic mass is 9.95. The number of ketones is 1. The number of phenolic OH excluding ortho intramolecular Hbond substituents is 1. The number of nitrogens with zero attached hydrogens (tertiary/aromatic N) is 2. The van der Waals surface area contributed by atoms with E-state index in [1.807, 2.05) is 39.0 Å². The molecule has 1 aliphatic rings. The number of aryl methyl sites for hydroxylation is 1. The number of carbonyl (C=O) groups excluding carboxylic acids is 2. The monoisotopic (exact) mass is 558 g/mol. The van der Waals surface area contributed by atoms with Crippen LogP contribution in [0.15, 0.2) is 72.3 Å². The number of hydrogen-bond acceptors (Lipinski definition) is 7. The number of phenols is 1. The van der Waals surface area contributed by atoms with Crippen LogP contribution in [-0.4, -0.2) is 64.5 Å². The smallest absolute Gasteiger partial charge is 0.295 e. The van der Waals surface area contributed by atoms with Crippen LogP contribution in [-0.2, 0) is 16.2 Å². The second kappa shape index (κ2) is 13.4. The molecule has 1 fully saturated rings. The molecule has 1 unspecified atom stereocenters. The average molecular weight is 559 g/mol. The zero-order valence-corrected chi connectivity index (χ0v) is 24.1. The Bertz CT molecular complexity index is 1410. The number of amides is 1. The Morgan fingerprint density at radius 1 is 0.951 bits per heavy atom. The highest BCUT2D eigenvalue weighted by molar-refractivity contribution is 6.46. The van der Waals surface area contributed by atoms with Gasteiger partial charge in [0, 0.05) is 18.7 Å². The van der Waals surface area contributed by atoms with Crippen molar-refractivity contribution < 1.29 is 29.3 Å². The maximum Gasteiger partial charge on any atom is 0.295 e. The molecular formula is C33H38N2O6. The number of Topliss-reactive ketones (excluding diaryl/α,β-unsaturated/α-hetero) is 1. The summed E-state index contributed by atoms with van der Waals surface area (Å²) in [5.74, 6) is -0.883. The van der Waals surface area contributed by atoms with Crippen molar-refractivity contribution in [3.63, 3.8) is 0 Å². The molecule has 1 amide bonds. The number of carbonyl (C=O) groups is 2. The third-order valence-corrected chi connectivity index (χ3v) is 7.31. The van der Waals surface area contributed by atoms with E-state index in [0.717, 1.165) is 24.2 Å². The van der Waals surface area contributed by atoms with Gasteiger partial charge in [0.05, 0.1) is 18.2 Å². The molecule has 0 aliphatic carbocycles. The number of rotatable bonds is 12. The predicted molar refractivity (Wildman–Crippen MR) is 158 cm³/mol. The van der Waals surface area contributed by atoms with Crippen LogP contribution in [0.2, 0.25) is 0 Å². The molecule has 4 rings (SSSR count). The molecule has 216 valence electrons. The van der Waals surface area contributed by atoms with Crippen molar-refractivity contribution in [2.24, 2.45) is 0 Å². The van der Waals surface area contributed by atoms with Crippen molar-refractivity contribution in [3.8, 4) is 17.2 Å². The summed E-state index contributed by atoms with van der Waals surface area (Å²) in [6.07, 6.45) is 0. The fraction of sp³-hybridized carbons (Fsp3) is 0.333. The molecule has 1 atom stereocenters. The summed E-state index contributed by atoms with van der Waals surface area (Å²) >= 11 is 0. The maximum absolute atomic E-state index is 13.4. The van der Waals surface area contributed by atoms with Crippen LogP contribution in [0.3, 0.4) is 0 Å². The molecule has 0 aromatic heterocycles. The Balaban J connectivity index is 1.68. The summed E-state index contributed by atoms with van der Waals surface area (Å²) in [6, 6.07) is 18.7. The molecular weight excluding hydrogens is 520 g/mol. The van der Waals surface area contributed by atoms with Crippen molar-refractivity contribution in [2.75, 3.05) is 32.8 Å². The molecule has 8 heteroatoms. The van der Waals surface area contributed by atoms with Gasteiger partial charge in [0.25, 0.3) is 11.7 Å². The van der Waals surface area contributed by atoms with Crippen LogP contribution in [0.5, 0.6) is 17.2 Å². The van der Waals surface area contributed by atoms with E-state index in [1.54, 1.807) is 43.3 Å². The molecule has 0 saturated carbocycles. The van der Waals surface area contributed by atoms with E-state index in [0.29, 0.717) is 43.2 Å². The fourth-order valence-corrected chi connectivity index (χ4v) is 5.05. The third-order valence-electron chi connectivity index (χ3n) is 7.31. The van der Waals surface area contributed by atoms with Gasteiger partial charge in [0.1, 0.15) is 18.1 Å². The number of aliphatic hydroxyl groups excluding tert-OH is 1. The van der Waals surface area contributed by atoms with E-state index >= 15 is 0 Å². The molecule has 8 nitrogen and oxygen atoms in total. The Kier molecular flexibility index (Phi) is 9.68. The molecule has 3 aromatic carbocycles. The van der Waals surface area contributed by atoms with Gasteiger partial charge in [-0.25, -0.2) is 0 Å². The number of likely N-dealkylation sites (tertiary alicyclic amines) is 1. The second-order valence-corrected chi connectivity index (χ2v) is 9.98. The van der Waals surface area contributed by atoms with Crippen molar-refractivity contribution >= 4 is 17.4 Å². The molecule has 0 bridgehead atoms. The van der Waals surface area contributed by atoms with Crippen LogP contribution in [0, 0.1) is 6.92 Å². The van der Waals surface area contributed by atoms with Gasteiger partial charge in [-0.2, -0.15) is 0 Å². The molecule has 3 aromatic rings. The quantitative estimate of drug-likeness (QED) is 0.173. The summed E-state index contributed by atoms with van der Waals surface area (Å²) in [5, 5.41) is 21.7. The first kappa shape index (κ1) is 29.7. The van der Waals surface area contributed by atoms with Crippen LogP contribution in [0.1, 0.15) is 49.1 Å². The van der Waals surface area contributed by atoms with Gasteiger partial charge >= 0.3 is 0 Å². The zero-order chi connectivity index (χ0) is 29.5. The molecule has 1 aliphatic heterocycles. The molecule has 0 spiro atoms. The SMILES string of the molecule is CCOc1cc(C2/C(=C(/O)c3ccc(OCc4cccc(C)c4)cc3)C(=O)C(=O)N2CCN(CC)CC)ccc1O. The Morgan fingerprint density at radius 2 is 1.68 bits per heavy atom. The van der Waals surface area contributed by atoms with Crippen LogP contribution in [0.4, 0.5) is 0 Å². The number of hydrogen-bond donors (Lipinski definition) is 2. The topological polar surface area (TPSA) is 99.5 Å². The second-order valence-electron chi connectivity index (χ2n) is 9.98. The minimum absolute atomic E-state index is 0.00360. The highest BCUT2D eigenvalue weighted by Crippen LogP contribution is 2.42. The third kappa shape index (κ3) is 6.72. The Labute approximate surface area is 241 Å². The lowest BCUT2D eigenvalue weighted by Gasteiger charge is -2.28. The average Bonchev–Trinajstić information content (AvgIpc) is 3.23. The first-order valence-electron chi connectivity index (χ1n) is 14.0. The van der Waals surface area contributed by atoms with E-state index < -0.39 is 17.7 Å². The van der Waals surface area contributed by atoms with Crippen molar-refractivity contribution in [2.45, 2.75) is 40.3 Å². The molecule has 41 heavy (non-hydrogen) atoms. The molecule has 0 radical (unpaired) electrons. The summed E-state index contributed by atoms with van der Waals surface area (Å²) in [6.45, 7) is 11.1. The van der Waals surface area contributed by atoms with E-state index in [9.17, 15) is 19.8 Å². The predicted octanol–water partition coefficient (Wildman–Crippen LogP) is 5.44. The first-order valence-corrected chi connectivity index (χ1v) is 14.0. The van der Waals surface area contributed by atoms with E-state index in [1.165, 1.54) is 11.0 Å². The minimum atomic E-state index is -0.845. The van der Waals surface area contributed by atoms with E-state index in [2.05, 4.69) is 11.0 Å². The fourth-order valence-electron chi connectivity index (χ4n) is 5.05. The number of aromatic hydroxyl groups is 1. The normalized spacial score (nSPS) is 16.4. The van der Waals surface area contributed by atoms with E-state index in [4.69, 9.17) is 9.47 Å². The summed E-state index contributed by atoms with van der Waals surface area (Å²) < 4.78 is 11.5. The van der Waals surface area contributed by atoms with Crippen LogP contribution >= 0.6 is 0 Å². The summed E-state index contributed by atoms with van der Waals surface area (Å²) in [7, 11) is 0. The highest BCUT2D eigenvalue weighted by atomic mass is 16.5. The first-order chi connectivity index (χ1) is 19.8. The summed E-state index contributed by atoms with van der Waals surface area (Å²) in [4.78, 5) is 30.4. The van der Waals surface area contributed by atoms with Gasteiger partial charge in [-0.3, -0.25) is 9.59 Å². The zero-order valence-electron chi connectivity index (χ0n) is 24.1. The van der Waals surface area contributed by atoms with Gasteiger partial charge in [-0.1, -0.05) is 49.7 Å². The maximum atomic E-state index is 13.4. The number of benzene rings is 3. The summed E-state index contributed by atoms with van der Waals surface area (Å²) in [5.41, 5.74) is 3.14. The van der Waals surface area contributed by atoms with Gasteiger partial charge in [-0.15, -0.1) is 0 Å². The number of ether oxygens (including phenoxy) is 2. The number of aliphatic hydroxyl groups is 1. The van der Waals surface area contributed by atoms with Gasteiger partial charge < -0.3 is 29.5 Å². The minimum Gasteiger partial charge on any atom is -0.507 e. The number of likely N-dealkylation sites (N-methyl/N-ethyl adjacent to an activating group) is 1.